The van der Waals surface area contributed by atoms with Gasteiger partial charge in [-0.1, -0.05) is 25.1 Å². The summed E-state index contributed by atoms with van der Waals surface area (Å²) in [5.74, 6) is 1.44. The van der Waals surface area contributed by atoms with Crippen LogP contribution in [0.2, 0.25) is 0 Å². The summed E-state index contributed by atoms with van der Waals surface area (Å²) in [6.45, 7) is 3.84. The fourth-order valence-corrected chi connectivity index (χ4v) is 5.33. The maximum absolute atomic E-state index is 12.8. The molecular weight excluding hydrogens is 374 g/mol. The second-order valence-electron chi connectivity index (χ2n) is 7.22. The van der Waals surface area contributed by atoms with Crippen LogP contribution in [0.25, 0.3) is 0 Å². The SMILES string of the molecule is CCc1ccccc1NC(=O)N1CCC2(CC1)SCC(=O)N2Cc1ccco1. The van der Waals surface area contributed by atoms with Gasteiger partial charge in [0.05, 0.1) is 23.4 Å². The second-order valence-corrected chi connectivity index (χ2v) is 8.56. The number of urea groups is 1. The molecule has 3 amide bonds. The van der Waals surface area contributed by atoms with Crippen molar-refractivity contribution >= 4 is 29.4 Å². The van der Waals surface area contributed by atoms with Crippen molar-refractivity contribution in [3.63, 3.8) is 0 Å². The molecule has 0 radical (unpaired) electrons. The number of nitrogens with zero attached hydrogens (tertiary/aromatic N) is 2. The highest BCUT2D eigenvalue weighted by atomic mass is 32.2. The summed E-state index contributed by atoms with van der Waals surface area (Å²) in [4.78, 5) is 28.8. The topological polar surface area (TPSA) is 65.8 Å². The Balaban J connectivity index is 1.40. The predicted molar refractivity (Wildman–Crippen MR) is 110 cm³/mol. The number of amides is 3. The molecule has 1 aromatic heterocycles. The molecule has 2 aromatic rings. The van der Waals surface area contributed by atoms with Crippen LogP contribution in [0, 0.1) is 0 Å². The van der Waals surface area contributed by atoms with E-state index < -0.39 is 0 Å². The van der Waals surface area contributed by atoms with Gasteiger partial charge in [-0.05, 0) is 43.0 Å². The van der Waals surface area contributed by atoms with Crippen molar-refractivity contribution in [1.29, 1.82) is 0 Å². The molecular formula is C21H25N3O3S. The molecule has 0 atom stereocenters. The number of hydrogen-bond donors (Lipinski definition) is 1. The average molecular weight is 400 g/mol. The number of nitrogens with one attached hydrogen (secondary N) is 1. The van der Waals surface area contributed by atoms with Gasteiger partial charge in [-0.3, -0.25) is 4.79 Å². The van der Waals surface area contributed by atoms with Gasteiger partial charge in [-0.25, -0.2) is 4.79 Å². The van der Waals surface area contributed by atoms with Crippen molar-refractivity contribution in [2.24, 2.45) is 0 Å². The zero-order valence-electron chi connectivity index (χ0n) is 16.0. The van der Waals surface area contributed by atoms with E-state index >= 15 is 0 Å². The van der Waals surface area contributed by atoms with Crippen molar-refractivity contribution in [2.45, 2.75) is 37.6 Å². The number of furan rings is 1. The molecule has 7 heteroatoms. The van der Waals surface area contributed by atoms with Gasteiger partial charge in [0.2, 0.25) is 5.91 Å². The third kappa shape index (κ3) is 3.63. The largest absolute Gasteiger partial charge is 0.467 e. The van der Waals surface area contributed by atoms with Gasteiger partial charge >= 0.3 is 6.03 Å². The Morgan fingerprint density at radius 2 is 2.00 bits per heavy atom. The van der Waals surface area contributed by atoms with Crippen LogP contribution in [-0.2, 0) is 17.8 Å². The minimum absolute atomic E-state index is 0.0670. The number of piperidine rings is 1. The lowest BCUT2D eigenvalue weighted by Gasteiger charge is -2.43. The molecule has 6 nitrogen and oxygen atoms in total. The Labute approximate surface area is 169 Å². The van der Waals surface area contributed by atoms with Crippen LogP contribution in [0.4, 0.5) is 10.5 Å². The number of benzene rings is 1. The highest BCUT2D eigenvalue weighted by Gasteiger charge is 2.48. The van der Waals surface area contributed by atoms with Gasteiger partial charge in [-0.2, -0.15) is 0 Å². The van der Waals surface area contributed by atoms with Gasteiger partial charge in [0, 0.05) is 18.8 Å². The number of para-hydroxylation sites is 1. The third-order valence-corrected chi connectivity index (χ3v) is 7.18. The number of carbonyl (C=O) groups is 2. The predicted octanol–water partition coefficient (Wildman–Crippen LogP) is 3.94. The summed E-state index contributed by atoms with van der Waals surface area (Å²) in [5.41, 5.74) is 2.01. The Kier molecular flexibility index (Phi) is 5.35. The molecule has 2 aliphatic heterocycles. The normalized spacial score (nSPS) is 18.7. The number of aryl methyl sites for hydroxylation is 1. The number of anilines is 1. The highest BCUT2D eigenvalue weighted by molar-refractivity contribution is 8.01. The Morgan fingerprint density at radius 1 is 1.21 bits per heavy atom. The third-order valence-electron chi connectivity index (χ3n) is 5.62. The highest BCUT2D eigenvalue weighted by Crippen LogP contribution is 2.45. The minimum Gasteiger partial charge on any atom is -0.467 e. The molecule has 0 saturated carbocycles. The van der Waals surface area contributed by atoms with Crippen LogP contribution in [0.1, 0.15) is 31.1 Å². The average Bonchev–Trinajstić information content (AvgIpc) is 3.33. The van der Waals surface area contributed by atoms with Crippen LogP contribution in [0.15, 0.2) is 47.1 Å². The van der Waals surface area contributed by atoms with Crippen molar-refractivity contribution in [2.75, 3.05) is 24.2 Å². The van der Waals surface area contributed by atoms with Crippen LogP contribution in [0.5, 0.6) is 0 Å². The Hall–Kier alpha value is -2.41. The first-order chi connectivity index (χ1) is 13.6. The van der Waals surface area contributed by atoms with E-state index in [0.717, 1.165) is 36.3 Å². The summed E-state index contributed by atoms with van der Waals surface area (Å²) in [6, 6.07) is 11.6. The van der Waals surface area contributed by atoms with E-state index in [2.05, 4.69) is 12.2 Å². The molecule has 3 heterocycles. The molecule has 148 valence electrons. The molecule has 28 heavy (non-hydrogen) atoms. The lowest BCUT2D eigenvalue weighted by molar-refractivity contribution is -0.132. The van der Waals surface area contributed by atoms with E-state index in [1.165, 1.54) is 0 Å². The van der Waals surface area contributed by atoms with Crippen molar-refractivity contribution in [3.05, 3.63) is 54.0 Å². The lowest BCUT2D eigenvalue weighted by atomic mass is 10.0. The van der Waals surface area contributed by atoms with Crippen LogP contribution < -0.4 is 5.32 Å². The molecule has 2 fully saturated rings. The first-order valence-electron chi connectivity index (χ1n) is 9.72. The van der Waals surface area contributed by atoms with Crippen LogP contribution in [0.3, 0.4) is 0 Å². The number of likely N-dealkylation sites (tertiary alicyclic amines) is 1. The van der Waals surface area contributed by atoms with Gasteiger partial charge in [-0.15, -0.1) is 11.8 Å². The molecule has 0 bridgehead atoms. The fraction of sp³-hybridized carbons (Fsp3) is 0.429. The molecule has 0 unspecified atom stereocenters. The van der Waals surface area contributed by atoms with Crippen molar-refractivity contribution in [1.82, 2.24) is 9.80 Å². The zero-order chi connectivity index (χ0) is 19.6. The zero-order valence-corrected chi connectivity index (χ0v) is 16.8. The summed E-state index contributed by atoms with van der Waals surface area (Å²) in [6.07, 6.45) is 4.05. The number of thioether (sulfide) groups is 1. The number of hydrogen-bond acceptors (Lipinski definition) is 4. The van der Waals surface area contributed by atoms with Gasteiger partial charge < -0.3 is 19.5 Å². The summed E-state index contributed by atoms with van der Waals surface area (Å²) in [5, 5.41) is 3.05. The molecule has 0 aliphatic carbocycles. The van der Waals surface area contributed by atoms with Crippen molar-refractivity contribution < 1.29 is 14.0 Å². The van der Waals surface area contributed by atoms with E-state index in [9.17, 15) is 9.59 Å². The van der Waals surface area contributed by atoms with Gasteiger partial charge in [0.15, 0.2) is 0 Å². The first kappa shape index (κ1) is 18.9. The first-order valence-corrected chi connectivity index (χ1v) is 10.7. The molecule has 1 aromatic carbocycles. The van der Waals surface area contributed by atoms with Crippen molar-refractivity contribution in [3.8, 4) is 0 Å². The van der Waals surface area contributed by atoms with E-state index in [-0.39, 0.29) is 16.8 Å². The lowest BCUT2D eigenvalue weighted by Crippen LogP contribution is -2.53. The molecule has 1 N–H and O–H groups in total. The standard InChI is InChI=1S/C21H25N3O3S/c1-2-16-6-3-4-8-18(16)22-20(26)23-11-9-21(10-12-23)24(19(25)15-28-21)14-17-7-5-13-27-17/h3-8,13H,2,9-12,14-15H2,1H3,(H,22,26). The molecule has 4 rings (SSSR count). The fourth-order valence-electron chi connectivity index (χ4n) is 3.99. The maximum atomic E-state index is 12.8. The molecule has 1 spiro atoms. The molecule has 2 saturated heterocycles. The van der Waals surface area contributed by atoms with E-state index in [1.54, 1.807) is 18.0 Å². The monoisotopic (exact) mass is 399 g/mol. The smallest absolute Gasteiger partial charge is 0.321 e. The number of carbonyl (C=O) groups excluding carboxylic acids is 2. The molecule has 2 aliphatic rings. The maximum Gasteiger partial charge on any atom is 0.321 e. The quantitative estimate of drug-likeness (QED) is 0.846. The van der Waals surface area contributed by atoms with Crippen LogP contribution in [-0.4, -0.2) is 45.5 Å². The Morgan fingerprint density at radius 3 is 2.71 bits per heavy atom. The second kappa shape index (κ2) is 7.91. The van der Waals surface area contributed by atoms with E-state index in [4.69, 9.17) is 4.42 Å². The van der Waals surface area contributed by atoms with Gasteiger partial charge in [0.1, 0.15) is 5.76 Å². The minimum atomic E-state index is -0.234. The van der Waals surface area contributed by atoms with Crippen LogP contribution >= 0.6 is 11.8 Å². The Bertz CT molecular complexity index is 844. The van der Waals surface area contributed by atoms with Gasteiger partial charge in [0.25, 0.3) is 0 Å². The van der Waals surface area contributed by atoms with E-state index in [1.807, 2.05) is 46.2 Å². The number of rotatable bonds is 4. The summed E-state index contributed by atoms with van der Waals surface area (Å²) < 4.78 is 5.45. The van der Waals surface area contributed by atoms with E-state index in [0.29, 0.717) is 25.4 Å². The summed E-state index contributed by atoms with van der Waals surface area (Å²) >= 11 is 1.70. The summed E-state index contributed by atoms with van der Waals surface area (Å²) in [7, 11) is 0.